The maximum absolute atomic E-state index is 12.0. The number of nitrogens with zero attached hydrogens (tertiary/aromatic N) is 2. The standard InChI is InChI=1S/C13H11ClN2O2/c1-16(6-2-5-15)13(17)12-8-9-7-10(14)3-4-11(9)18-12/h3-4,7-8H,2,6H2,1H3. The van der Waals surface area contributed by atoms with Crippen molar-refractivity contribution in [2.24, 2.45) is 0 Å². The summed E-state index contributed by atoms with van der Waals surface area (Å²) in [5, 5.41) is 9.87. The first-order valence-electron chi connectivity index (χ1n) is 5.43. The van der Waals surface area contributed by atoms with Gasteiger partial charge in [0.25, 0.3) is 5.91 Å². The predicted octanol–water partition coefficient (Wildman–Crippen LogP) is 3.07. The predicted molar refractivity (Wildman–Crippen MR) is 68.4 cm³/mol. The van der Waals surface area contributed by atoms with Gasteiger partial charge in [0.15, 0.2) is 5.76 Å². The summed E-state index contributed by atoms with van der Waals surface area (Å²) in [5.41, 5.74) is 0.622. The van der Waals surface area contributed by atoms with Crippen molar-refractivity contribution < 1.29 is 9.21 Å². The van der Waals surface area contributed by atoms with Crippen LogP contribution in [0.5, 0.6) is 0 Å². The molecule has 18 heavy (non-hydrogen) atoms. The zero-order valence-corrected chi connectivity index (χ0v) is 10.6. The molecular formula is C13H11ClN2O2. The van der Waals surface area contributed by atoms with E-state index < -0.39 is 0 Å². The smallest absolute Gasteiger partial charge is 0.289 e. The Balaban J connectivity index is 2.26. The number of amides is 1. The van der Waals surface area contributed by atoms with Gasteiger partial charge in [0.1, 0.15) is 5.58 Å². The molecule has 0 unspecified atom stereocenters. The van der Waals surface area contributed by atoms with Crippen LogP contribution >= 0.6 is 11.6 Å². The average molecular weight is 263 g/mol. The molecule has 0 aliphatic carbocycles. The summed E-state index contributed by atoms with van der Waals surface area (Å²) < 4.78 is 5.45. The average Bonchev–Trinajstić information content (AvgIpc) is 2.77. The number of hydrogen-bond donors (Lipinski definition) is 0. The van der Waals surface area contributed by atoms with E-state index in [2.05, 4.69) is 0 Å². The second-order valence-corrected chi connectivity index (χ2v) is 4.36. The molecule has 0 aliphatic rings. The van der Waals surface area contributed by atoms with Crippen molar-refractivity contribution in [3.8, 4) is 6.07 Å². The Morgan fingerprint density at radius 2 is 2.28 bits per heavy atom. The Labute approximate surface area is 109 Å². The molecule has 2 aromatic rings. The molecule has 0 saturated carbocycles. The van der Waals surface area contributed by atoms with E-state index in [0.29, 0.717) is 23.6 Å². The number of benzene rings is 1. The number of furan rings is 1. The third kappa shape index (κ3) is 2.47. The first-order valence-corrected chi connectivity index (χ1v) is 5.81. The van der Waals surface area contributed by atoms with Crippen molar-refractivity contribution >= 4 is 28.5 Å². The summed E-state index contributed by atoms with van der Waals surface area (Å²) >= 11 is 5.87. The topological polar surface area (TPSA) is 57.2 Å². The van der Waals surface area contributed by atoms with Gasteiger partial charge in [0, 0.05) is 24.0 Å². The van der Waals surface area contributed by atoms with Crippen molar-refractivity contribution in [3.63, 3.8) is 0 Å². The van der Waals surface area contributed by atoms with Gasteiger partial charge < -0.3 is 9.32 Å². The van der Waals surface area contributed by atoms with E-state index in [1.54, 1.807) is 31.3 Å². The van der Waals surface area contributed by atoms with E-state index in [1.165, 1.54) is 4.90 Å². The lowest BCUT2D eigenvalue weighted by atomic mass is 10.2. The zero-order chi connectivity index (χ0) is 13.1. The van der Waals surface area contributed by atoms with Crippen LogP contribution in [0.1, 0.15) is 17.0 Å². The number of carbonyl (C=O) groups is 1. The molecule has 2 rings (SSSR count). The summed E-state index contributed by atoms with van der Waals surface area (Å²) in [6.07, 6.45) is 0.300. The van der Waals surface area contributed by atoms with E-state index in [4.69, 9.17) is 21.3 Å². The Kier molecular flexibility index (Phi) is 3.54. The van der Waals surface area contributed by atoms with Gasteiger partial charge in [-0.1, -0.05) is 11.6 Å². The molecule has 0 bridgehead atoms. The molecule has 0 atom stereocenters. The molecule has 0 fully saturated rings. The minimum absolute atomic E-state index is 0.238. The summed E-state index contributed by atoms with van der Waals surface area (Å²) in [4.78, 5) is 13.5. The van der Waals surface area contributed by atoms with Gasteiger partial charge in [-0.15, -0.1) is 0 Å². The van der Waals surface area contributed by atoms with Gasteiger partial charge in [-0.25, -0.2) is 0 Å². The highest BCUT2D eigenvalue weighted by Crippen LogP contribution is 2.23. The molecule has 1 aromatic heterocycles. The van der Waals surface area contributed by atoms with Crippen molar-refractivity contribution in [2.45, 2.75) is 6.42 Å². The van der Waals surface area contributed by atoms with Crippen LogP contribution in [0.4, 0.5) is 0 Å². The Bertz CT molecular complexity index is 627. The highest BCUT2D eigenvalue weighted by atomic mass is 35.5. The molecule has 0 aliphatic heterocycles. The van der Waals surface area contributed by atoms with Crippen LogP contribution in [-0.4, -0.2) is 24.4 Å². The summed E-state index contributed by atoms with van der Waals surface area (Å²) in [6.45, 7) is 0.382. The highest BCUT2D eigenvalue weighted by molar-refractivity contribution is 6.31. The molecule has 1 aromatic carbocycles. The number of halogens is 1. The minimum atomic E-state index is -0.238. The molecule has 0 saturated heterocycles. The van der Waals surface area contributed by atoms with E-state index in [9.17, 15) is 4.79 Å². The van der Waals surface area contributed by atoms with Gasteiger partial charge >= 0.3 is 0 Å². The third-order valence-electron chi connectivity index (χ3n) is 2.59. The van der Waals surface area contributed by atoms with Crippen LogP contribution in [0.15, 0.2) is 28.7 Å². The van der Waals surface area contributed by atoms with Gasteiger partial charge in [-0.05, 0) is 24.3 Å². The molecule has 1 amide bonds. The quantitative estimate of drug-likeness (QED) is 0.854. The van der Waals surface area contributed by atoms with Crippen LogP contribution < -0.4 is 0 Å². The number of hydrogen-bond acceptors (Lipinski definition) is 3. The van der Waals surface area contributed by atoms with Crippen LogP contribution in [0.25, 0.3) is 11.0 Å². The van der Waals surface area contributed by atoms with Crippen molar-refractivity contribution in [2.75, 3.05) is 13.6 Å². The van der Waals surface area contributed by atoms with Crippen LogP contribution in [0.3, 0.4) is 0 Å². The summed E-state index contributed by atoms with van der Waals surface area (Å²) in [6, 6.07) is 8.83. The number of rotatable bonds is 3. The first-order chi connectivity index (χ1) is 8.61. The second-order valence-electron chi connectivity index (χ2n) is 3.93. The Hall–Kier alpha value is -1.99. The molecule has 0 spiro atoms. The first kappa shape index (κ1) is 12.5. The van der Waals surface area contributed by atoms with Crippen LogP contribution in [-0.2, 0) is 0 Å². The van der Waals surface area contributed by atoms with Gasteiger partial charge in [0.05, 0.1) is 12.5 Å². The summed E-state index contributed by atoms with van der Waals surface area (Å²) in [7, 11) is 1.64. The normalized spacial score (nSPS) is 10.3. The number of carbonyl (C=O) groups excluding carboxylic acids is 1. The van der Waals surface area contributed by atoms with E-state index in [-0.39, 0.29) is 11.7 Å². The molecule has 4 nitrogen and oxygen atoms in total. The highest BCUT2D eigenvalue weighted by Gasteiger charge is 2.16. The maximum atomic E-state index is 12.0. The van der Waals surface area contributed by atoms with E-state index >= 15 is 0 Å². The lowest BCUT2D eigenvalue weighted by Gasteiger charge is -2.12. The number of fused-ring (bicyclic) bond motifs is 1. The monoisotopic (exact) mass is 262 g/mol. The summed E-state index contributed by atoms with van der Waals surface area (Å²) in [5.74, 6) is 0.0188. The molecule has 92 valence electrons. The van der Waals surface area contributed by atoms with E-state index in [0.717, 1.165) is 5.39 Å². The minimum Gasteiger partial charge on any atom is -0.451 e. The fourth-order valence-electron chi connectivity index (χ4n) is 1.63. The maximum Gasteiger partial charge on any atom is 0.289 e. The molecular weight excluding hydrogens is 252 g/mol. The van der Waals surface area contributed by atoms with Crippen molar-refractivity contribution in [3.05, 3.63) is 35.0 Å². The zero-order valence-electron chi connectivity index (χ0n) is 9.81. The van der Waals surface area contributed by atoms with Crippen molar-refractivity contribution in [1.29, 1.82) is 5.26 Å². The fraction of sp³-hybridized carbons (Fsp3) is 0.231. The van der Waals surface area contributed by atoms with E-state index in [1.807, 2.05) is 6.07 Å². The Morgan fingerprint density at radius 1 is 1.50 bits per heavy atom. The molecule has 5 heteroatoms. The lowest BCUT2D eigenvalue weighted by molar-refractivity contribution is 0.0769. The largest absolute Gasteiger partial charge is 0.451 e. The molecule has 0 radical (unpaired) electrons. The second kappa shape index (κ2) is 5.11. The van der Waals surface area contributed by atoms with Gasteiger partial charge in [-0.3, -0.25) is 4.79 Å². The van der Waals surface area contributed by atoms with Gasteiger partial charge in [0.2, 0.25) is 0 Å². The molecule has 1 heterocycles. The number of nitriles is 1. The Morgan fingerprint density at radius 3 is 3.00 bits per heavy atom. The van der Waals surface area contributed by atoms with Gasteiger partial charge in [-0.2, -0.15) is 5.26 Å². The van der Waals surface area contributed by atoms with Crippen LogP contribution in [0, 0.1) is 11.3 Å². The molecule has 0 N–H and O–H groups in total. The third-order valence-corrected chi connectivity index (χ3v) is 2.83. The lowest BCUT2D eigenvalue weighted by Crippen LogP contribution is -2.27. The fourth-order valence-corrected chi connectivity index (χ4v) is 1.81. The van der Waals surface area contributed by atoms with Crippen LogP contribution in [0.2, 0.25) is 5.02 Å². The SMILES string of the molecule is CN(CCC#N)C(=O)c1cc2cc(Cl)ccc2o1. The van der Waals surface area contributed by atoms with Crippen molar-refractivity contribution in [1.82, 2.24) is 4.90 Å².